The molecule has 0 saturated carbocycles. The number of rotatable bonds is 2. The van der Waals surface area contributed by atoms with E-state index in [2.05, 4.69) is 6.07 Å². The highest BCUT2D eigenvalue weighted by molar-refractivity contribution is 7.71. The molecule has 2 aliphatic rings. The molecule has 1 saturated heterocycles. The van der Waals surface area contributed by atoms with Crippen LogP contribution in [-0.2, 0) is 24.1 Å². The van der Waals surface area contributed by atoms with Crippen LogP contribution in [0.25, 0.3) is 0 Å². The molecule has 1 aliphatic heterocycles. The summed E-state index contributed by atoms with van der Waals surface area (Å²) in [7, 11) is 0. The Bertz CT molecular complexity index is 623. The summed E-state index contributed by atoms with van der Waals surface area (Å²) in [4.78, 5) is 0. The summed E-state index contributed by atoms with van der Waals surface area (Å²) in [5.74, 6) is 0.522. The van der Waals surface area contributed by atoms with Gasteiger partial charge in [-0.2, -0.15) is 5.26 Å². The zero-order chi connectivity index (χ0) is 14.1. The minimum atomic E-state index is 0.178. The summed E-state index contributed by atoms with van der Waals surface area (Å²) in [6.45, 7) is 1.49. The molecular weight excluding hydrogens is 270 g/mol. The first-order valence-electron chi connectivity index (χ1n) is 7.28. The number of ether oxygens (including phenoxy) is 1. The molecule has 0 unspecified atom stereocenters. The van der Waals surface area contributed by atoms with Crippen molar-refractivity contribution in [3.05, 3.63) is 21.3 Å². The Morgan fingerprint density at radius 3 is 2.70 bits per heavy atom. The number of fused-ring (bicyclic) bond motifs is 1. The van der Waals surface area contributed by atoms with E-state index in [0.717, 1.165) is 60.9 Å². The van der Waals surface area contributed by atoms with Crippen LogP contribution in [0.1, 0.15) is 42.4 Å². The average molecular weight is 289 g/mol. The van der Waals surface area contributed by atoms with E-state index in [1.165, 1.54) is 0 Å². The predicted octanol–water partition coefficient (Wildman–Crippen LogP) is 2.73. The van der Waals surface area contributed by atoms with Gasteiger partial charge in [-0.25, -0.2) is 0 Å². The maximum Gasteiger partial charge on any atom is 0.122 e. The molecule has 0 bridgehead atoms. The Morgan fingerprint density at radius 1 is 1.30 bits per heavy atom. The molecule has 1 fully saturated rings. The van der Waals surface area contributed by atoms with E-state index in [-0.39, 0.29) is 6.10 Å². The quantitative estimate of drug-likeness (QED) is 0.850. The van der Waals surface area contributed by atoms with E-state index < -0.39 is 0 Å². The number of anilines is 1. The van der Waals surface area contributed by atoms with E-state index >= 15 is 0 Å². The van der Waals surface area contributed by atoms with Crippen LogP contribution in [0.4, 0.5) is 5.82 Å². The van der Waals surface area contributed by atoms with Crippen molar-refractivity contribution in [2.75, 3.05) is 12.3 Å². The van der Waals surface area contributed by atoms with Crippen LogP contribution in [0.2, 0.25) is 0 Å². The van der Waals surface area contributed by atoms with Gasteiger partial charge < -0.3 is 15.0 Å². The summed E-state index contributed by atoms with van der Waals surface area (Å²) >= 11 is 5.63. The smallest absolute Gasteiger partial charge is 0.122 e. The second-order valence-electron chi connectivity index (χ2n) is 5.59. The molecule has 20 heavy (non-hydrogen) atoms. The third kappa shape index (κ3) is 2.23. The molecule has 106 valence electrons. The predicted molar refractivity (Wildman–Crippen MR) is 80.0 cm³/mol. The average Bonchev–Trinajstić information content (AvgIpc) is 2.97. The molecule has 5 heteroatoms. The zero-order valence-electron chi connectivity index (χ0n) is 11.5. The van der Waals surface area contributed by atoms with Crippen LogP contribution in [0.5, 0.6) is 0 Å². The lowest BCUT2D eigenvalue weighted by Gasteiger charge is -2.24. The second-order valence-corrected chi connectivity index (χ2v) is 5.97. The Morgan fingerprint density at radius 2 is 2.05 bits per heavy atom. The van der Waals surface area contributed by atoms with Crippen LogP contribution in [0, 0.1) is 16.0 Å². The number of nitrogens with zero attached hydrogens (tertiary/aromatic N) is 2. The van der Waals surface area contributed by atoms with Gasteiger partial charge >= 0.3 is 0 Å². The van der Waals surface area contributed by atoms with Crippen molar-refractivity contribution in [2.45, 2.75) is 51.2 Å². The topological polar surface area (TPSA) is 64.0 Å². The second kappa shape index (κ2) is 5.55. The van der Waals surface area contributed by atoms with Crippen LogP contribution < -0.4 is 5.73 Å². The van der Waals surface area contributed by atoms with Gasteiger partial charge in [-0.15, -0.1) is 0 Å². The number of hydrogen-bond donors (Lipinski definition) is 1. The Balaban J connectivity index is 2.09. The monoisotopic (exact) mass is 289 g/mol. The molecule has 4 nitrogen and oxygen atoms in total. The van der Waals surface area contributed by atoms with E-state index in [1.807, 2.05) is 4.57 Å². The van der Waals surface area contributed by atoms with Gasteiger partial charge in [0, 0.05) is 6.61 Å². The van der Waals surface area contributed by atoms with Gasteiger partial charge in [0.15, 0.2) is 0 Å². The SMILES string of the molecule is N#Cc1c2c(c(=S)n(C[C@@H]3CCCO3)c1N)CCCC2. The van der Waals surface area contributed by atoms with Crippen LogP contribution >= 0.6 is 12.2 Å². The third-order valence-corrected chi connectivity index (χ3v) is 4.81. The van der Waals surface area contributed by atoms with Gasteiger partial charge in [0.25, 0.3) is 0 Å². The Hall–Kier alpha value is -1.38. The molecule has 3 rings (SSSR count). The van der Waals surface area contributed by atoms with E-state index in [9.17, 15) is 5.26 Å². The molecular formula is C15H19N3OS. The minimum absolute atomic E-state index is 0.178. The largest absolute Gasteiger partial charge is 0.384 e. The van der Waals surface area contributed by atoms with E-state index in [1.54, 1.807) is 0 Å². The third-order valence-electron chi connectivity index (χ3n) is 4.34. The van der Waals surface area contributed by atoms with Crippen molar-refractivity contribution in [1.82, 2.24) is 4.57 Å². The van der Waals surface area contributed by atoms with Gasteiger partial charge in [-0.1, -0.05) is 12.2 Å². The highest BCUT2D eigenvalue weighted by Crippen LogP contribution is 2.30. The lowest BCUT2D eigenvalue weighted by atomic mass is 9.89. The molecule has 1 aromatic heterocycles. The molecule has 2 N–H and O–H groups in total. The molecule has 0 radical (unpaired) electrons. The normalized spacial score (nSPS) is 21.4. The fourth-order valence-corrected chi connectivity index (χ4v) is 3.68. The van der Waals surface area contributed by atoms with Crippen molar-refractivity contribution in [3.8, 4) is 6.07 Å². The summed E-state index contributed by atoms with van der Waals surface area (Å²) in [5.41, 5.74) is 9.10. The zero-order valence-corrected chi connectivity index (χ0v) is 12.3. The highest BCUT2D eigenvalue weighted by Gasteiger charge is 2.23. The fraction of sp³-hybridized carbons (Fsp3) is 0.600. The van der Waals surface area contributed by atoms with Gasteiger partial charge in [0.1, 0.15) is 16.5 Å². The number of hydrogen-bond acceptors (Lipinski definition) is 4. The number of aromatic nitrogens is 1. The Kier molecular flexibility index (Phi) is 3.77. The number of pyridine rings is 1. The first kappa shape index (κ1) is 13.6. The lowest BCUT2D eigenvalue weighted by Crippen LogP contribution is -2.22. The van der Waals surface area contributed by atoms with Gasteiger partial charge in [-0.05, 0) is 49.7 Å². The maximum absolute atomic E-state index is 9.44. The maximum atomic E-state index is 9.44. The summed E-state index contributed by atoms with van der Waals surface area (Å²) in [5, 5.41) is 9.44. The van der Waals surface area contributed by atoms with Crippen molar-refractivity contribution < 1.29 is 4.74 Å². The summed E-state index contributed by atoms with van der Waals surface area (Å²) < 4.78 is 8.42. The molecule has 0 amide bonds. The molecule has 0 aromatic carbocycles. The minimum Gasteiger partial charge on any atom is -0.384 e. The van der Waals surface area contributed by atoms with Gasteiger partial charge in [0.05, 0.1) is 18.2 Å². The molecule has 0 spiro atoms. The van der Waals surface area contributed by atoms with Crippen LogP contribution in [0.15, 0.2) is 0 Å². The highest BCUT2D eigenvalue weighted by atomic mass is 32.1. The lowest BCUT2D eigenvalue weighted by molar-refractivity contribution is 0.0970. The first-order chi connectivity index (χ1) is 9.72. The number of nitriles is 1. The van der Waals surface area contributed by atoms with E-state index in [0.29, 0.717) is 17.9 Å². The van der Waals surface area contributed by atoms with Crippen LogP contribution in [0.3, 0.4) is 0 Å². The number of nitrogen functional groups attached to an aromatic ring is 1. The van der Waals surface area contributed by atoms with Crippen LogP contribution in [-0.4, -0.2) is 17.3 Å². The van der Waals surface area contributed by atoms with E-state index in [4.69, 9.17) is 22.7 Å². The van der Waals surface area contributed by atoms with Crippen molar-refractivity contribution in [1.29, 1.82) is 5.26 Å². The van der Waals surface area contributed by atoms with Crippen molar-refractivity contribution >= 4 is 18.0 Å². The molecule has 2 heterocycles. The summed E-state index contributed by atoms with van der Waals surface area (Å²) in [6.07, 6.45) is 6.46. The standard InChI is InChI=1S/C15H19N3OS/c16-8-13-11-5-1-2-6-12(11)15(20)18(14(13)17)9-10-4-3-7-19-10/h10H,1-7,9,17H2/t10-/m0/s1. The Labute approximate surface area is 124 Å². The fourth-order valence-electron chi connectivity index (χ4n) is 3.28. The van der Waals surface area contributed by atoms with Crippen molar-refractivity contribution in [2.24, 2.45) is 0 Å². The number of nitrogens with two attached hydrogens (primary N) is 1. The molecule has 1 aromatic rings. The molecule has 1 atom stereocenters. The first-order valence-corrected chi connectivity index (χ1v) is 7.69. The van der Waals surface area contributed by atoms with Gasteiger partial charge in [-0.3, -0.25) is 0 Å². The molecule has 1 aliphatic carbocycles. The van der Waals surface area contributed by atoms with Gasteiger partial charge in [0.2, 0.25) is 0 Å². The summed E-state index contributed by atoms with van der Waals surface area (Å²) in [6, 6.07) is 2.28. The van der Waals surface area contributed by atoms with Crippen molar-refractivity contribution in [3.63, 3.8) is 0 Å².